The summed E-state index contributed by atoms with van der Waals surface area (Å²) in [5.41, 5.74) is 1.04. The first-order valence-electron chi connectivity index (χ1n) is 13.3. The number of carbonyl (C=O) groups is 4. The lowest BCUT2D eigenvalue weighted by Gasteiger charge is -2.32. The normalized spacial score (nSPS) is 12.4. The summed E-state index contributed by atoms with van der Waals surface area (Å²) >= 11 is 0. The van der Waals surface area contributed by atoms with Gasteiger partial charge in [-0.3, -0.25) is 9.59 Å². The molecule has 0 radical (unpaired) electrons. The monoisotopic (exact) mass is 556 g/mol. The first kappa shape index (κ1) is 32.1. The Balaban J connectivity index is 2.00. The van der Waals surface area contributed by atoms with Gasteiger partial charge in [0, 0.05) is 0 Å². The molecule has 0 aliphatic carbocycles. The average molecular weight is 557 g/mol. The van der Waals surface area contributed by atoms with Crippen LogP contribution >= 0.6 is 0 Å². The zero-order chi connectivity index (χ0) is 29.4. The summed E-state index contributed by atoms with van der Waals surface area (Å²) in [5.74, 6) is -1.32. The number of ether oxygens (including phenoxy) is 4. The number of hydrogen-bond acceptors (Lipinski definition) is 8. The van der Waals surface area contributed by atoms with E-state index in [1.54, 1.807) is 12.1 Å². The molecule has 10 nitrogen and oxygen atoms in total. The maximum Gasteiger partial charge on any atom is 0.508 e. The van der Waals surface area contributed by atoms with Gasteiger partial charge in [-0.05, 0) is 23.0 Å². The number of nitrogens with one attached hydrogen (secondary N) is 2. The molecule has 2 amide bonds. The van der Waals surface area contributed by atoms with Crippen LogP contribution in [0.25, 0.3) is 0 Å². The molecule has 2 aromatic rings. The highest BCUT2D eigenvalue weighted by Crippen LogP contribution is 2.20. The molecule has 0 aliphatic heterocycles. The molecule has 0 bridgehead atoms. The largest absolute Gasteiger partial charge is 0.508 e. The lowest BCUT2D eigenvalue weighted by molar-refractivity contribution is -0.147. The van der Waals surface area contributed by atoms with E-state index in [1.165, 1.54) is 0 Å². The number of amides is 2. The molecule has 0 saturated carbocycles. The highest BCUT2D eigenvalue weighted by atomic mass is 16.7. The van der Waals surface area contributed by atoms with Crippen LogP contribution in [0.1, 0.15) is 58.1 Å². The molecule has 2 atom stereocenters. The molecule has 0 heterocycles. The molecule has 0 aliphatic rings. The minimum Gasteiger partial charge on any atom is -0.461 e. The molecular formula is C30H40N2O8. The summed E-state index contributed by atoms with van der Waals surface area (Å²) in [7, 11) is 0. The van der Waals surface area contributed by atoms with Gasteiger partial charge >= 0.3 is 18.2 Å². The van der Waals surface area contributed by atoms with Gasteiger partial charge in [-0.15, -0.1) is 0 Å². The second-order valence-electron chi connectivity index (χ2n) is 10.3. The first-order chi connectivity index (χ1) is 19.1. The number of unbranched alkanes of at least 4 members (excludes halogenated alkanes) is 1. The van der Waals surface area contributed by atoms with Gasteiger partial charge in [0.25, 0.3) is 0 Å². The number of hydrogen-bond donors (Lipinski definition) is 2. The first-order valence-corrected chi connectivity index (χ1v) is 13.3. The fraction of sp³-hybridized carbons (Fsp3) is 0.467. The maximum atomic E-state index is 13.3. The Morgan fingerprint density at radius 1 is 0.775 bits per heavy atom. The zero-order valence-corrected chi connectivity index (χ0v) is 23.6. The lowest BCUT2D eigenvalue weighted by Crippen LogP contribution is -2.55. The minimum atomic E-state index is -1.27. The number of carbonyl (C=O) groups excluding carboxylic acids is 4. The SMILES string of the molecule is CCCCOC(=O)N[C@H](CC(=O)OCc1ccccc1)C(=O)N[C@@H](COC(=O)OCc1ccccc1)C(C)(C)C. The van der Waals surface area contributed by atoms with Crippen molar-refractivity contribution in [2.45, 2.75) is 72.3 Å². The highest BCUT2D eigenvalue weighted by molar-refractivity contribution is 5.89. The van der Waals surface area contributed by atoms with Gasteiger partial charge in [0.1, 0.15) is 25.9 Å². The quantitative estimate of drug-likeness (QED) is 0.191. The van der Waals surface area contributed by atoms with Crippen molar-refractivity contribution in [3.63, 3.8) is 0 Å². The molecule has 0 saturated heterocycles. The van der Waals surface area contributed by atoms with Crippen molar-refractivity contribution in [3.05, 3.63) is 71.8 Å². The molecule has 0 unspecified atom stereocenters. The highest BCUT2D eigenvalue weighted by Gasteiger charge is 2.32. The zero-order valence-electron chi connectivity index (χ0n) is 23.6. The van der Waals surface area contributed by atoms with Gasteiger partial charge in [0.2, 0.25) is 5.91 Å². The third-order valence-corrected chi connectivity index (χ3v) is 5.88. The van der Waals surface area contributed by atoms with E-state index < -0.39 is 48.0 Å². The summed E-state index contributed by atoms with van der Waals surface area (Å²) < 4.78 is 20.8. The average Bonchev–Trinajstić information content (AvgIpc) is 2.93. The van der Waals surface area contributed by atoms with Crippen molar-refractivity contribution in [2.24, 2.45) is 5.41 Å². The molecule has 2 N–H and O–H groups in total. The van der Waals surface area contributed by atoms with Crippen LogP contribution in [-0.4, -0.2) is 49.4 Å². The van der Waals surface area contributed by atoms with Crippen molar-refractivity contribution < 1.29 is 38.1 Å². The second kappa shape index (κ2) is 16.8. The molecule has 0 fully saturated rings. The number of rotatable bonds is 14. The Morgan fingerprint density at radius 2 is 1.35 bits per heavy atom. The van der Waals surface area contributed by atoms with E-state index in [2.05, 4.69) is 10.6 Å². The summed E-state index contributed by atoms with van der Waals surface area (Å²) in [6.45, 7) is 7.58. The van der Waals surface area contributed by atoms with Gasteiger partial charge in [-0.2, -0.15) is 0 Å². The third-order valence-electron chi connectivity index (χ3n) is 5.88. The topological polar surface area (TPSA) is 129 Å². The van der Waals surface area contributed by atoms with Crippen LogP contribution in [-0.2, 0) is 41.8 Å². The van der Waals surface area contributed by atoms with Crippen LogP contribution in [0, 0.1) is 5.41 Å². The minimum absolute atomic E-state index is 0.0263. The summed E-state index contributed by atoms with van der Waals surface area (Å²) in [6, 6.07) is 16.3. The predicted molar refractivity (Wildman–Crippen MR) is 148 cm³/mol. The summed E-state index contributed by atoms with van der Waals surface area (Å²) in [6.07, 6.45) is -0.640. The number of alkyl carbamates (subject to hydrolysis) is 1. The van der Waals surface area contributed by atoms with Crippen LogP contribution in [0.15, 0.2) is 60.7 Å². The van der Waals surface area contributed by atoms with Gasteiger partial charge in [-0.1, -0.05) is 94.8 Å². The second-order valence-corrected chi connectivity index (χ2v) is 10.3. The van der Waals surface area contributed by atoms with Crippen molar-refractivity contribution in [2.75, 3.05) is 13.2 Å². The van der Waals surface area contributed by atoms with Crippen LogP contribution in [0.3, 0.4) is 0 Å². The lowest BCUT2D eigenvalue weighted by atomic mass is 9.87. The van der Waals surface area contributed by atoms with Gasteiger partial charge in [0.15, 0.2) is 0 Å². The van der Waals surface area contributed by atoms with Crippen LogP contribution in [0.2, 0.25) is 0 Å². The van der Waals surface area contributed by atoms with Gasteiger partial charge in [-0.25, -0.2) is 9.59 Å². The van der Waals surface area contributed by atoms with E-state index in [-0.39, 0.29) is 26.4 Å². The number of benzene rings is 2. The maximum absolute atomic E-state index is 13.3. The van der Waals surface area contributed by atoms with Crippen LogP contribution < -0.4 is 10.6 Å². The summed E-state index contributed by atoms with van der Waals surface area (Å²) in [4.78, 5) is 50.4. The van der Waals surface area contributed by atoms with Crippen LogP contribution in [0.5, 0.6) is 0 Å². The number of esters is 1. The van der Waals surface area contributed by atoms with E-state index in [1.807, 2.05) is 76.2 Å². The van der Waals surface area contributed by atoms with E-state index in [0.717, 1.165) is 17.5 Å². The van der Waals surface area contributed by atoms with E-state index >= 15 is 0 Å². The molecule has 0 aromatic heterocycles. The van der Waals surface area contributed by atoms with Crippen LogP contribution in [0.4, 0.5) is 9.59 Å². The van der Waals surface area contributed by atoms with E-state index in [0.29, 0.717) is 6.42 Å². The molecule has 218 valence electrons. The Bertz CT molecular complexity index is 1070. The molecule has 40 heavy (non-hydrogen) atoms. The van der Waals surface area contributed by atoms with Gasteiger partial charge < -0.3 is 29.6 Å². The molecule has 0 spiro atoms. The smallest absolute Gasteiger partial charge is 0.461 e. The molecular weight excluding hydrogens is 516 g/mol. The van der Waals surface area contributed by atoms with E-state index in [4.69, 9.17) is 18.9 Å². The third kappa shape index (κ3) is 12.6. The van der Waals surface area contributed by atoms with Crippen molar-refractivity contribution in [1.29, 1.82) is 0 Å². The standard InChI is InChI=1S/C30H40N2O8/c1-5-6-17-37-28(35)31-24(18-26(33)38-19-22-13-9-7-10-14-22)27(34)32-25(30(2,3)4)21-40-29(36)39-20-23-15-11-8-12-16-23/h7-16,24-25H,5-6,17-21H2,1-4H3,(H,31,35)(H,32,34)/t24-,25+/m1/s1. The predicted octanol–water partition coefficient (Wildman–Crippen LogP) is 4.90. The fourth-order valence-corrected chi connectivity index (χ4v) is 3.36. The fourth-order valence-electron chi connectivity index (χ4n) is 3.36. The van der Waals surface area contributed by atoms with Gasteiger partial charge in [0.05, 0.1) is 19.1 Å². The van der Waals surface area contributed by atoms with Crippen molar-refractivity contribution in [1.82, 2.24) is 10.6 Å². The summed E-state index contributed by atoms with van der Waals surface area (Å²) in [5, 5.41) is 5.25. The Kier molecular flexibility index (Phi) is 13.5. The Hall–Kier alpha value is -4.08. The van der Waals surface area contributed by atoms with E-state index in [9.17, 15) is 19.2 Å². The van der Waals surface area contributed by atoms with Crippen molar-refractivity contribution >= 4 is 24.1 Å². The Morgan fingerprint density at radius 3 is 1.90 bits per heavy atom. The molecule has 10 heteroatoms. The molecule has 2 aromatic carbocycles. The Labute approximate surface area is 235 Å². The van der Waals surface area contributed by atoms with Crippen molar-refractivity contribution in [3.8, 4) is 0 Å². The molecule has 2 rings (SSSR count).